The number of benzene rings is 17. The Morgan fingerprint density at radius 2 is 0.532 bits per heavy atom. The monoisotopic (exact) mass is 1380 g/mol. The van der Waals surface area contributed by atoms with Crippen molar-refractivity contribution in [2.45, 2.75) is 16.2 Å². The lowest BCUT2D eigenvalue weighted by molar-refractivity contribution is 0.793. The van der Waals surface area contributed by atoms with E-state index in [1.807, 2.05) is 0 Å². The zero-order valence-electron chi connectivity index (χ0n) is 59.2. The normalized spacial score (nSPS) is 15.0. The largest absolute Gasteiger partial charge is 0.311 e. The Morgan fingerprint density at radius 3 is 0.972 bits per heavy atom. The summed E-state index contributed by atoms with van der Waals surface area (Å²) in [5, 5.41) is 2.45. The maximum Gasteiger partial charge on any atom is 0.252 e. The van der Waals surface area contributed by atoms with E-state index in [0.717, 1.165) is 45.2 Å². The van der Waals surface area contributed by atoms with Gasteiger partial charge in [0.15, 0.2) is 0 Å². The standard InChI is InChI=1S/C105H62BN3/c1-2-26-63(27-3-1)64-50-56-96-93(58-64)106-101-98(107(96)65-51-53-90-79(59-65)74-34-10-21-45-87(74)103(90)81-39-15-4-28-68(81)69-29-5-16-40-82(69)103)61-67(109-94-48-24-13-36-76(94)77-37-14-25-49-95(77)109)62-99(101)108(66-52-54-91-80(60-66)75-35-11-22-46-88(75)104(91)83-41-17-6-30-70(83)71-31-7-18-42-84(71)104)97-57-55-92-100(102(97)106)78-38-12-23-47-89(78)105(92)85-43-19-8-32-72(85)73-33-9-20-44-86(73)105/h1-62H. The second-order valence-electron chi connectivity index (χ2n) is 31.1. The number of anilines is 6. The van der Waals surface area contributed by atoms with Gasteiger partial charge in [-0.3, -0.25) is 0 Å². The Morgan fingerprint density at radius 1 is 0.202 bits per heavy atom. The highest BCUT2D eigenvalue weighted by Gasteiger charge is 2.58. The molecule has 3 heterocycles. The SMILES string of the molecule is c1ccc(-c2ccc3c(c2)B2c4c(cc(-n5c6ccccc6c6ccccc65)cc4N(c4ccc5c(c4)-c4ccccc4C54c5ccccc5-c5ccccc54)c4ccc5c(c42)-c2ccccc2C52c4ccccc4-c4ccccc42)N3c2ccc3c(c2)-c2ccccc2C32c3ccccc3-c3ccccc32)cc1. The molecule has 0 amide bonds. The van der Waals surface area contributed by atoms with Crippen molar-refractivity contribution in [1.82, 2.24) is 4.57 Å². The summed E-state index contributed by atoms with van der Waals surface area (Å²) < 4.78 is 2.56. The van der Waals surface area contributed by atoms with E-state index in [4.69, 9.17) is 0 Å². The number of aromatic nitrogens is 1. The van der Waals surface area contributed by atoms with Gasteiger partial charge in [0, 0.05) is 44.9 Å². The van der Waals surface area contributed by atoms with Gasteiger partial charge in [-0.1, -0.05) is 315 Å². The Labute approximate surface area is 631 Å². The topological polar surface area (TPSA) is 11.4 Å². The Bertz CT molecular complexity index is 6960. The van der Waals surface area contributed by atoms with Crippen LogP contribution in [0.2, 0.25) is 0 Å². The first-order valence-electron chi connectivity index (χ1n) is 38.4. The summed E-state index contributed by atoms with van der Waals surface area (Å²) in [4.78, 5) is 5.41. The molecule has 6 aliphatic carbocycles. The van der Waals surface area contributed by atoms with Crippen LogP contribution >= 0.6 is 0 Å². The molecule has 0 fully saturated rings. The van der Waals surface area contributed by atoms with Crippen molar-refractivity contribution >= 4 is 79.0 Å². The average Bonchev–Trinajstić information content (AvgIpc) is 1.56. The highest BCUT2D eigenvalue weighted by Crippen LogP contribution is 2.68. The van der Waals surface area contributed by atoms with Crippen molar-refractivity contribution < 1.29 is 0 Å². The Kier molecular flexibility index (Phi) is 11.2. The smallest absolute Gasteiger partial charge is 0.252 e. The van der Waals surface area contributed by atoms with E-state index in [-0.39, 0.29) is 6.71 Å². The Balaban J connectivity index is 0.814. The highest BCUT2D eigenvalue weighted by atomic mass is 15.2. The Hall–Kier alpha value is -13.8. The molecular formula is C105H62BN3. The van der Waals surface area contributed by atoms with Crippen LogP contribution in [0.4, 0.5) is 34.1 Å². The van der Waals surface area contributed by atoms with Crippen molar-refractivity contribution in [3.63, 3.8) is 0 Å². The second kappa shape index (κ2) is 20.8. The third-order valence-electron chi connectivity index (χ3n) is 26.6. The van der Waals surface area contributed by atoms with Gasteiger partial charge in [0.25, 0.3) is 6.71 Å². The quantitative estimate of drug-likeness (QED) is 0.163. The van der Waals surface area contributed by atoms with E-state index < -0.39 is 16.2 Å². The van der Waals surface area contributed by atoms with Gasteiger partial charge in [0.2, 0.25) is 0 Å². The van der Waals surface area contributed by atoms with Gasteiger partial charge in [-0.2, -0.15) is 0 Å². The summed E-state index contributed by atoms with van der Waals surface area (Å²) in [6, 6.07) is 145. The number of para-hydroxylation sites is 2. The molecule has 0 saturated heterocycles. The number of nitrogens with zero attached hydrogens (tertiary/aromatic N) is 3. The van der Waals surface area contributed by atoms with Crippen molar-refractivity contribution in [3.05, 3.63) is 443 Å². The molecule has 17 aromatic carbocycles. The minimum atomic E-state index is -0.601. The first-order chi connectivity index (χ1) is 54.1. The minimum Gasteiger partial charge on any atom is -0.311 e. The third kappa shape index (κ3) is 6.96. The molecule has 26 rings (SSSR count). The summed E-state index contributed by atoms with van der Waals surface area (Å²) >= 11 is 0. The number of rotatable bonds is 4. The van der Waals surface area contributed by atoms with Crippen molar-refractivity contribution in [1.29, 1.82) is 0 Å². The van der Waals surface area contributed by atoms with Crippen LogP contribution in [0.1, 0.15) is 66.8 Å². The maximum atomic E-state index is 2.72. The molecule has 4 heteroatoms. The fraction of sp³-hybridized carbons (Fsp3) is 0.0286. The summed E-state index contributed by atoms with van der Waals surface area (Å²) in [6.07, 6.45) is 0. The molecule has 0 N–H and O–H groups in total. The molecule has 0 bridgehead atoms. The molecule has 1 aromatic heterocycles. The zero-order valence-corrected chi connectivity index (χ0v) is 59.2. The molecule has 2 aliphatic heterocycles. The van der Waals surface area contributed by atoms with E-state index in [1.165, 1.54) is 177 Å². The molecule has 3 nitrogen and oxygen atoms in total. The first kappa shape index (κ1) is 58.5. The van der Waals surface area contributed by atoms with Crippen LogP contribution in [0.3, 0.4) is 0 Å². The lowest BCUT2D eigenvalue weighted by Crippen LogP contribution is -2.62. The zero-order chi connectivity index (χ0) is 70.7. The summed E-state index contributed by atoms with van der Waals surface area (Å²) in [5.41, 5.74) is 46.2. The summed E-state index contributed by atoms with van der Waals surface area (Å²) in [7, 11) is 0. The minimum absolute atomic E-state index is 0.279. The van der Waals surface area contributed by atoms with Crippen LogP contribution in [0.15, 0.2) is 376 Å². The van der Waals surface area contributed by atoms with Gasteiger partial charge >= 0.3 is 0 Å². The molecule has 500 valence electrons. The van der Waals surface area contributed by atoms with Crippen LogP contribution in [-0.2, 0) is 16.2 Å². The van der Waals surface area contributed by atoms with E-state index in [9.17, 15) is 0 Å². The molecule has 8 aliphatic rings. The van der Waals surface area contributed by atoms with Crippen LogP contribution in [0.5, 0.6) is 0 Å². The molecule has 109 heavy (non-hydrogen) atoms. The average molecular weight is 1380 g/mol. The second-order valence-corrected chi connectivity index (χ2v) is 31.1. The highest BCUT2D eigenvalue weighted by molar-refractivity contribution is 7.01. The van der Waals surface area contributed by atoms with Crippen LogP contribution in [0, 0.1) is 0 Å². The van der Waals surface area contributed by atoms with E-state index in [2.05, 4.69) is 390 Å². The molecule has 3 spiro atoms. The van der Waals surface area contributed by atoms with Crippen LogP contribution in [-0.4, -0.2) is 11.3 Å². The molecular weight excluding hydrogens is 1310 g/mol. The molecule has 0 radical (unpaired) electrons. The van der Waals surface area contributed by atoms with Crippen molar-refractivity contribution in [3.8, 4) is 83.6 Å². The van der Waals surface area contributed by atoms with Gasteiger partial charge in [0.1, 0.15) is 0 Å². The molecule has 18 aromatic rings. The van der Waals surface area contributed by atoms with Crippen molar-refractivity contribution in [2.75, 3.05) is 9.80 Å². The van der Waals surface area contributed by atoms with Gasteiger partial charge < -0.3 is 14.4 Å². The number of hydrogen-bond donors (Lipinski definition) is 0. The fourth-order valence-corrected chi connectivity index (χ4v) is 22.8. The predicted octanol–water partition coefficient (Wildman–Crippen LogP) is 23.6. The van der Waals surface area contributed by atoms with Crippen molar-refractivity contribution in [2.24, 2.45) is 0 Å². The summed E-state index contributed by atoms with van der Waals surface area (Å²) in [5.74, 6) is 0. The third-order valence-corrected chi connectivity index (χ3v) is 26.6. The van der Waals surface area contributed by atoms with Gasteiger partial charge in [-0.25, -0.2) is 0 Å². The first-order valence-corrected chi connectivity index (χ1v) is 38.4. The van der Waals surface area contributed by atoms with Crippen LogP contribution < -0.4 is 26.2 Å². The van der Waals surface area contributed by atoms with E-state index >= 15 is 0 Å². The molecule has 0 saturated carbocycles. The number of fused-ring (bicyclic) bond motifs is 38. The summed E-state index contributed by atoms with van der Waals surface area (Å²) in [6.45, 7) is -0.279. The number of hydrogen-bond acceptors (Lipinski definition) is 2. The van der Waals surface area contributed by atoms with Gasteiger partial charge in [0.05, 0.1) is 33.0 Å². The van der Waals surface area contributed by atoms with Gasteiger partial charge in [-0.15, -0.1) is 0 Å². The van der Waals surface area contributed by atoms with E-state index in [1.54, 1.807) is 0 Å². The fourth-order valence-electron chi connectivity index (χ4n) is 22.8. The maximum absolute atomic E-state index is 2.72. The van der Waals surface area contributed by atoms with Crippen LogP contribution in [0.25, 0.3) is 105 Å². The van der Waals surface area contributed by atoms with Gasteiger partial charge in [-0.05, 0) is 222 Å². The van der Waals surface area contributed by atoms with E-state index in [0.29, 0.717) is 0 Å². The lowest BCUT2D eigenvalue weighted by Gasteiger charge is -2.45. The molecule has 0 unspecified atom stereocenters. The lowest BCUT2D eigenvalue weighted by atomic mass is 9.32. The predicted molar refractivity (Wildman–Crippen MR) is 449 cm³/mol. The molecule has 0 atom stereocenters.